The first-order valence-electron chi connectivity index (χ1n) is 10.8. The predicted molar refractivity (Wildman–Crippen MR) is 131 cm³/mol. The van der Waals surface area contributed by atoms with Gasteiger partial charge in [-0.3, -0.25) is 0 Å². The van der Waals surface area contributed by atoms with E-state index in [2.05, 4.69) is 4.98 Å². The van der Waals surface area contributed by atoms with Gasteiger partial charge in [0.2, 0.25) is 14.2 Å². The average Bonchev–Trinajstić information content (AvgIpc) is 3.29. The molecule has 5 rings (SSSR count). The molecule has 9 heteroatoms. The molecule has 0 atom stereocenters. The van der Waals surface area contributed by atoms with Gasteiger partial charge in [0.15, 0.2) is 6.61 Å². The van der Waals surface area contributed by atoms with Crippen LogP contribution in [0, 0.1) is 5.82 Å². The zero-order valence-corrected chi connectivity index (χ0v) is 20.0. The fraction of sp³-hybridized carbons (Fsp3) is 0.154. The first-order chi connectivity index (χ1) is 16.8. The normalized spacial score (nSPS) is 12.6. The standard InChI is InChI=1S/C26H20FNO5S2/c27-18-10-8-16(9-11-18)19-5-2-1-4-17(19)15-35(31,32)26-28-25-21-6-3-7-22(33-14-24(29)30)20(21)12-13-23(25)34-26/h1-11H,12-15H2,(H,29,30). The van der Waals surface area contributed by atoms with E-state index in [1.165, 1.54) is 23.5 Å². The summed E-state index contributed by atoms with van der Waals surface area (Å²) in [6.45, 7) is -0.451. The Kier molecular flexibility index (Phi) is 6.12. The van der Waals surface area contributed by atoms with Crippen LogP contribution in [0.4, 0.5) is 4.39 Å². The number of fused-ring (bicyclic) bond motifs is 3. The summed E-state index contributed by atoms with van der Waals surface area (Å²) in [6, 6.07) is 18.4. The summed E-state index contributed by atoms with van der Waals surface area (Å²) in [5.74, 6) is -1.19. The number of thiazole rings is 1. The second-order valence-electron chi connectivity index (χ2n) is 8.14. The maximum atomic E-state index is 13.4. The van der Waals surface area contributed by atoms with E-state index in [1.54, 1.807) is 36.4 Å². The van der Waals surface area contributed by atoms with E-state index in [-0.39, 0.29) is 15.9 Å². The van der Waals surface area contributed by atoms with E-state index in [0.29, 0.717) is 29.8 Å². The van der Waals surface area contributed by atoms with Crippen LogP contribution in [0.15, 0.2) is 71.1 Å². The van der Waals surface area contributed by atoms with Crippen LogP contribution in [-0.4, -0.2) is 31.1 Å². The van der Waals surface area contributed by atoms with Gasteiger partial charge in [-0.15, -0.1) is 11.3 Å². The van der Waals surface area contributed by atoms with E-state index < -0.39 is 22.4 Å². The van der Waals surface area contributed by atoms with E-state index in [9.17, 15) is 17.6 Å². The molecule has 0 saturated heterocycles. The fourth-order valence-electron chi connectivity index (χ4n) is 4.23. The number of rotatable bonds is 7. The molecule has 3 aromatic carbocycles. The molecule has 0 radical (unpaired) electrons. The van der Waals surface area contributed by atoms with Crippen LogP contribution in [0.25, 0.3) is 22.4 Å². The Balaban J connectivity index is 1.48. The fourth-order valence-corrected chi connectivity index (χ4v) is 7.03. The summed E-state index contributed by atoms with van der Waals surface area (Å²) >= 11 is 1.17. The summed E-state index contributed by atoms with van der Waals surface area (Å²) < 4.78 is 45.7. The van der Waals surface area contributed by atoms with Crippen molar-refractivity contribution >= 4 is 27.1 Å². The molecular formula is C26H20FNO5S2. The van der Waals surface area contributed by atoms with Gasteiger partial charge in [0, 0.05) is 16.0 Å². The number of ether oxygens (including phenoxy) is 1. The summed E-state index contributed by atoms with van der Waals surface area (Å²) in [4.78, 5) is 16.3. The monoisotopic (exact) mass is 509 g/mol. The second kappa shape index (κ2) is 9.24. The van der Waals surface area contributed by atoms with E-state index in [1.807, 2.05) is 18.2 Å². The van der Waals surface area contributed by atoms with Gasteiger partial charge in [-0.1, -0.05) is 48.5 Å². The van der Waals surface area contributed by atoms with Crippen molar-refractivity contribution in [3.8, 4) is 28.1 Å². The summed E-state index contributed by atoms with van der Waals surface area (Å²) in [6.07, 6.45) is 1.20. The third-order valence-corrected chi connectivity index (χ3v) is 9.04. The van der Waals surface area contributed by atoms with Crippen LogP contribution in [0.1, 0.15) is 16.0 Å². The summed E-state index contributed by atoms with van der Waals surface area (Å²) in [7, 11) is -3.76. The smallest absolute Gasteiger partial charge is 0.341 e. The zero-order valence-electron chi connectivity index (χ0n) is 18.4. The van der Waals surface area contributed by atoms with Crippen molar-refractivity contribution in [3.63, 3.8) is 0 Å². The van der Waals surface area contributed by atoms with E-state index in [0.717, 1.165) is 27.1 Å². The number of carboxylic acid groups (broad SMARTS) is 1. The predicted octanol–water partition coefficient (Wildman–Crippen LogP) is 5.15. The van der Waals surface area contributed by atoms with Crippen molar-refractivity contribution in [2.24, 2.45) is 0 Å². The van der Waals surface area contributed by atoms with E-state index >= 15 is 0 Å². The lowest BCUT2D eigenvalue weighted by molar-refractivity contribution is -0.139. The van der Waals surface area contributed by atoms with Gasteiger partial charge in [0.1, 0.15) is 11.6 Å². The number of sulfone groups is 1. The maximum Gasteiger partial charge on any atom is 0.341 e. The number of aryl methyl sites for hydroxylation is 1. The van der Waals surface area contributed by atoms with Gasteiger partial charge in [0.05, 0.1) is 11.4 Å². The molecule has 1 N–H and O–H groups in total. The van der Waals surface area contributed by atoms with Crippen molar-refractivity contribution in [1.82, 2.24) is 4.98 Å². The van der Waals surface area contributed by atoms with Gasteiger partial charge in [-0.2, -0.15) is 0 Å². The number of carboxylic acids is 1. The third kappa shape index (κ3) is 4.69. The minimum atomic E-state index is -3.76. The molecule has 0 unspecified atom stereocenters. The quantitative estimate of drug-likeness (QED) is 0.370. The SMILES string of the molecule is O=C(O)COc1cccc2c1CCc1sc(S(=O)(=O)Cc3ccccc3-c3ccc(F)cc3)nc1-2. The van der Waals surface area contributed by atoms with Gasteiger partial charge in [-0.05, 0) is 47.7 Å². The minimum Gasteiger partial charge on any atom is -0.482 e. The summed E-state index contributed by atoms with van der Waals surface area (Å²) in [5.41, 5.74) is 4.26. The molecule has 0 saturated carbocycles. The highest BCUT2D eigenvalue weighted by molar-refractivity contribution is 7.92. The van der Waals surface area contributed by atoms with Crippen LogP contribution >= 0.6 is 11.3 Å². The van der Waals surface area contributed by atoms with Gasteiger partial charge < -0.3 is 9.84 Å². The minimum absolute atomic E-state index is 0.0427. The zero-order chi connectivity index (χ0) is 24.6. The number of hydrogen-bond acceptors (Lipinski definition) is 6. The molecule has 1 heterocycles. The number of hydrogen-bond donors (Lipinski definition) is 1. The largest absolute Gasteiger partial charge is 0.482 e. The number of aliphatic carboxylic acids is 1. The molecule has 0 fully saturated rings. The molecule has 178 valence electrons. The summed E-state index contributed by atoms with van der Waals surface area (Å²) in [5, 5.41) is 8.94. The highest BCUT2D eigenvalue weighted by atomic mass is 32.2. The Morgan fingerprint density at radius 3 is 2.51 bits per heavy atom. The number of nitrogens with zero attached hydrogens (tertiary/aromatic N) is 1. The molecule has 0 aliphatic heterocycles. The molecule has 0 spiro atoms. The molecule has 1 aliphatic carbocycles. The van der Waals surface area contributed by atoms with Crippen LogP contribution in [0.5, 0.6) is 5.75 Å². The highest BCUT2D eigenvalue weighted by Gasteiger charge is 2.28. The average molecular weight is 510 g/mol. The Morgan fingerprint density at radius 1 is 1.00 bits per heavy atom. The van der Waals surface area contributed by atoms with Crippen LogP contribution in [0.3, 0.4) is 0 Å². The maximum absolute atomic E-state index is 13.4. The van der Waals surface area contributed by atoms with E-state index in [4.69, 9.17) is 9.84 Å². The number of halogens is 1. The molecule has 4 aromatic rings. The molecule has 0 amide bonds. The van der Waals surface area contributed by atoms with Crippen LogP contribution in [0.2, 0.25) is 0 Å². The molecule has 35 heavy (non-hydrogen) atoms. The molecule has 1 aliphatic rings. The van der Waals surface area contributed by atoms with Crippen molar-refractivity contribution in [3.05, 3.63) is 88.6 Å². The Morgan fingerprint density at radius 2 is 1.74 bits per heavy atom. The lowest BCUT2D eigenvalue weighted by Crippen LogP contribution is -2.12. The van der Waals surface area contributed by atoms with Crippen LogP contribution < -0.4 is 4.74 Å². The molecule has 0 bridgehead atoms. The lowest BCUT2D eigenvalue weighted by Gasteiger charge is -2.18. The number of benzene rings is 3. The second-order valence-corrected chi connectivity index (χ2v) is 11.4. The number of aromatic nitrogens is 1. The van der Waals surface area contributed by atoms with Crippen molar-refractivity contribution in [1.29, 1.82) is 0 Å². The van der Waals surface area contributed by atoms with Crippen molar-refractivity contribution in [2.45, 2.75) is 22.9 Å². The molecule has 6 nitrogen and oxygen atoms in total. The Hall–Kier alpha value is -3.56. The highest BCUT2D eigenvalue weighted by Crippen LogP contribution is 2.41. The topological polar surface area (TPSA) is 93.6 Å². The molecule has 1 aromatic heterocycles. The number of carbonyl (C=O) groups is 1. The van der Waals surface area contributed by atoms with Crippen molar-refractivity contribution < 1.29 is 27.4 Å². The van der Waals surface area contributed by atoms with Crippen LogP contribution in [-0.2, 0) is 33.2 Å². The Labute approximate surface area is 205 Å². The first-order valence-corrected chi connectivity index (χ1v) is 13.3. The molecular weight excluding hydrogens is 489 g/mol. The Bertz CT molecular complexity index is 1530. The van der Waals surface area contributed by atoms with Gasteiger partial charge in [0.25, 0.3) is 0 Å². The first kappa shape index (κ1) is 23.2. The lowest BCUT2D eigenvalue weighted by atomic mass is 9.93. The third-order valence-electron chi connectivity index (χ3n) is 5.80. The van der Waals surface area contributed by atoms with Crippen molar-refractivity contribution in [2.75, 3.05) is 6.61 Å². The van der Waals surface area contributed by atoms with Gasteiger partial charge in [-0.25, -0.2) is 22.6 Å². The van der Waals surface area contributed by atoms with Gasteiger partial charge >= 0.3 is 5.97 Å².